The topological polar surface area (TPSA) is 72.2 Å². The van der Waals surface area contributed by atoms with Gasteiger partial charge in [-0.1, -0.05) is 36.4 Å². The fourth-order valence-electron chi connectivity index (χ4n) is 2.63. The van der Waals surface area contributed by atoms with Crippen LogP contribution in [-0.4, -0.2) is 10.8 Å². The average molecular weight is 320 g/mol. The maximum atomic E-state index is 12.2. The Hall–Kier alpha value is -3.21. The second-order valence-electron chi connectivity index (χ2n) is 5.62. The summed E-state index contributed by atoms with van der Waals surface area (Å²) in [5.74, 6) is -0.249. The fourth-order valence-corrected chi connectivity index (χ4v) is 2.63. The molecule has 3 rings (SSSR count). The van der Waals surface area contributed by atoms with Crippen LogP contribution in [0.3, 0.4) is 0 Å². The molecule has 24 heavy (non-hydrogen) atoms. The number of hydrogen-bond donors (Lipinski definition) is 1. The van der Waals surface area contributed by atoms with Crippen molar-refractivity contribution in [2.45, 2.75) is 13.5 Å². The van der Waals surface area contributed by atoms with Crippen LogP contribution < -0.4 is 5.32 Å². The molecule has 0 atom stereocenters. The lowest BCUT2D eigenvalue weighted by Gasteiger charge is -2.07. The number of fused-ring (bicyclic) bond motifs is 1. The molecule has 0 bridgehead atoms. The zero-order chi connectivity index (χ0) is 17.1. The molecule has 120 valence electrons. The van der Waals surface area contributed by atoms with Crippen LogP contribution in [0.2, 0.25) is 0 Å². The zero-order valence-corrected chi connectivity index (χ0v) is 13.2. The number of rotatable bonds is 4. The number of nitro groups is 1. The highest BCUT2D eigenvalue weighted by atomic mass is 16.6. The molecule has 0 spiro atoms. The van der Waals surface area contributed by atoms with Gasteiger partial charge in [-0.25, -0.2) is 0 Å². The minimum atomic E-state index is -0.452. The summed E-state index contributed by atoms with van der Waals surface area (Å²) in [5.41, 5.74) is 1.90. The van der Waals surface area contributed by atoms with E-state index in [4.69, 9.17) is 0 Å². The number of nitrogens with one attached hydrogen (secondary N) is 1. The van der Waals surface area contributed by atoms with Gasteiger partial charge in [0.25, 0.3) is 11.6 Å². The van der Waals surface area contributed by atoms with Gasteiger partial charge in [0, 0.05) is 23.7 Å². The Bertz CT molecular complexity index is 935. The van der Waals surface area contributed by atoms with Gasteiger partial charge in [-0.3, -0.25) is 14.9 Å². The summed E-state index contributed by atoms with van der Waals surface area (Å²) >= 11 is 0. The number of aryl methyl sites for hydroxylation is 1. The summed E-state index contributed by atoms with van der Waals surface area (Å²) in [5, 5.41) is 15.9. The van der Waals surface area contributed by atoms with Crippen LogP contribution in [0, 0.1) is 17.0 Å². The summed E-state index contributed by atoms with van der Waals surface area (Å²) in [7, 11) is 0. The third kappa shape index (κ3) is 3.25. The molecule has 0 unspecified atom stereocenters. The summed E-state index contributed by atoms with van der Waals surface area (Å²) in [4.78, 5) is 22.6. The van der Waals surface area contributed by atoms with Crippen molar-refractivity contribution >= 4 is 22.4 Å². The van der Waals surface area contributed by atoms with E-state index >= 15 is 0 Å². The van der Waals surface area contributed by atoms with Crippen molar-refractivity contribution in [2.75, 3.05) is 0 Å². The predicted molar refractivity (Wildman–Crippen MR) is 93.0 cm³/mol. The van der Waals surface area contributed by atoms with Crippen molar-refractivity contribution in [3.63, 3.8) is 0 Å². The third-order valence-electron chi connectivity index (χ3n) is 3.92. The normalized spacial score (nSPS) is 10.5. The first kappa shape index (κ1) is 15.7. The average Bonchev–Trinajstić information content (AvgIpc) is 2.59. The Morgan fingerprint density at radius 1 is 1.04 bits per heavy atom. The number of nitrogens with zero attached hydrogens (tertiary/aromatic N) is 1. The largest absolute Gasteiger partial charge is 0.348 e. The molecule has 0 heterocycles. The van der Waals surface area contributed by atoms with E-state index in [0.717, 1.165) is 16.3 Å². The first-order valence-corrected chi connectivity index (χ1v) is 7.55. The summed E-state index contributed by atoms with van der Waals surface area (Å²) in [6, 6.07) is 18.4. The van der Waals surface area contributed by atoms with Crippen LogP contribution >= 0.6 is 0 Å². The molecular formula is C19H16N2O3. The molecule has 5 heteroatoms. The van der Waals surface area contributed by atoms with Gasteiger partial charge in [0.15, 0.2) is 0 Å². The predicted octanol–water partition coefficient (Wildman–Crippen LogP) is 3.99. The maximum absolute atomic E-state index is 12.2. The number of carbonyl (C=O) groups is 1. The van der Waals surface area contributed by atoms with E-state index in [1.54, 1.807) is 6.92 Å². The molecule has 0 saturated carbocycles. The SMILES string of the molecule is Cc1cc(C(=O)NCc2ccc3ccccc3c2)ccc1[N+](=O)[O-]. The highest BCUT2D eigenvalue weighted by Crippen LogP contribution is 2.19. The highest BCUT2D eigenvalue weighted by molar-refractivity contribution is 5.94. The van der Waals surface area contributed by atoms with Gasteiger partial charge in [-0.15, -0.1) is 0 Å². The standard InChI is InChI=1S/C19H16N2O3/c1-13-10-17(8-9-18(13)21(23)24)19(22)20-12-14-6-7-15-4-2-3-5-16(15)11-14/h2-11H,12H2,1H3,(H,20,22). The lowest BCUT2D eigenvalue weighted by molar-refractivity contribution is -0.385. The Morgan fingerprint density at radius 2 is 1.79 bits per heavy atom. The summed E-state index contributed by atoms with van der Waals surface area (Å²) < 4.78 is 0. The van der Waals surface area contributed by atoms with Crippen molar-refractivity contribution < 1.29 is 9.72 Å². The zero-order valence-electron chi connectivity index (χ0n) is 13.2. The molecule has 3 aromatic rings. The van der Waals surface area contributed by atoms with Gasteiger partial charge < -0.3 is 5.32 Å². The minimum absolute atomic E-state index is 0.0149. The summed E-state index contributed by atoms with van der Waals surface area (Å²) in [6.07, 6.45) is 0. The van der Waals surface area contributed by atoms with E-state index in [-0.39, 0.29) is 11.6 Å². The van der Waals surface area contributed by atoms with Gasteiger partial charge >= 0.3 is 0 Å². The van der Waals surface area contributed by atoms with Crippen LogP contribution in [0.5, 0.6) is 0 Å². The first-order chi connectivity index (χ1) is 11.5. The molecular weight excluding hydrogens is 304 g/mol. The second-order valence-corrected chi connectivity index (χ2v) is 5.62. The first-order valence-electron chi connectivity index (χ1n) is 7.55. The van der Waals surface area contributed by atoms with E-state index < -0.39 is 4.92 Å². The number of hydrogen-bond acceptors (Lipinski definition) is 3. The van der Waals surface area contributed by atoms with Crippen molar-refractivity contribution in [3.8, 4) is 0 Å². The van der Waals surface area contributed by atoms with Crippen molar-refractivity contribution in [3.05, 3.63) is 87.5 Å². The lowest BCUT2D eigenvalue weighted by Crippen LogP contribution is -2.22. The number of benzene rings is 3. The molecule has 0 radical (unpaired) electrons. The van der Waals surface area contributed by atoms with Crippen molar-refractivity contribution in [1.82, 2.24) is 5.32 Å². The molecule has 0 aliphatic carbocycles. The van der Waals surface area contributed by atoms with Crippen LogP contribution in [0.15, 0.2) is 60.7 Å². The second kappa shape index (κ2) is 6.50. The van der Waals surface area contributed by atoms with E-state index in [2.05, 4.69) is 5.32 Å². The molecule has 1 amide bonds. The van der Waals surface area contributed by atoms with E-state index in [1.807, 2.05) is 42.5 Å². The van der Waals surface area contributed by atoms with Crippen LogP contribution in [-0.2, 0) is 6.54 Å². The molecule has 5 nitrogen and oxygen atoms in total. The fraction of sp³-hybridized carbons (Fsp3) is 0.105. The number of nitro benzene ring substituents is 1. The minimum Gasteiger partial charge on any atom is -0.348 e. The Kier molecular flexibility index (Phi) is 4.24. The molecule has 3 aromatic carbocycles. The molecule has 0 aliphatic rings. The van der Waals surface area contributed by atoms with Gasteiger partial charge in [0.2, 0.25) is 0 Å². The third-order valence-corrected chi connectivity index (χ3v) is 3.92. The highest BCUT2D eigenvalue weighted by Gasteiger charge is 2.13. The van der Waals surface area contributed by atoms with E-state index in [0.29, 0.717) is 17.7 Å². The van der Waals surface area contributed by atoms with Crippen molar-refractivity contribution in [1.29, 1.82) is 0 Å². The van der Waals surface area contributed by atoms with Crippen molar-refractivity contribution in [2.24, 2.45) is 0 Å². The van der Waals surface area contributed by atoms with Crippen LogP contribution in [0.4, 0.5) is 5.69 Å². The monoisotopic (exact) mass is 320 g/mol. The Labute approximate surface area is 139 Å². The lowest BCUT2D eigenvalue weighted by atomic mass is 10.1. The molecule has 0 aromatic heterocycles. The van der Waals surface area contributed by atoms with E-state index in [9.17, 15) is 14.9 Å². The van der Waals surface area contributed by atoms with Gasteiger partial charge in [0.05, 0.1) is 4.92 Å². The molecule has 1 N–H and O–H groups in total. The Balaban J connectivity index is 1.72. The number of amides is 1. The summed E-state index contributed by atoms with van der Waals surface area (Å²) in [6.45, 7) is 2.03. The quantitative estimate of drug-likeness (QED) is 0.583. The van der Waals surface area contributed by atoms with Gasteiger partial charge in [-0.2, -0.15) is 0 Å². The molecule has 0 aliphatic heterocycles. The smallest absolute Gasteiger partial charge is 0.272 e. The Morgan fingerprint density at radius 3 is 2.50 bits per heavy atom. The van der Waals surface area contributed by atoms with Crippen LogP contribution in [0.25, 0.3) is 10.8 Å². The van der Waals surface area contributed by atoms with Gasteiger partial charge in [-0.05, 0) is 41.5 Å². The van der Waals surface area contributed by atoms with Crippen LogP contribution in [0.1, 0.15) is 21.5 Å². The number of carbonyl (C=O) groups excluding carboxylic acids is 1. The van der Waals surface area contributed by atoms with Gasteiger partial charge in [0.1, 0.15) is 0 Å². The maximum Gasteiger partial charge on any atom is 0.272 e. The molecule has 0 saturated heterocycles. The van der Waals surface area contributed by atoms with E-state index in [1.165, 1.54) is 18.2 Å². The molecule has 0 fully saturated rings.